The fourth-order valence-electron chi connectivity index (χ4n) is 2.84. The molecule has 0 aliphatic heterocycles. The summed E-state index contributed by atoms with van der Waals surface area (Å²) in [5, 5.41) is 7.40. The van der Waals surface area contributed by atoms with Crippen molar-refractivity contribution >= 4 is 51.2 Å². The fraction of sp³-hybridized carbons (Fsp3) is 0.160. The van der Waals surface area contributed by atoms with Crippen LogP contribution in [0.3, 0.4) is 0 Å². The largest absolute Gasteiger partial charge is 0.488 e. The molecule has 170 valence electrons. The molecule has 0 fully saturated rings. The van der Waals surface area contributed by atoms with Crippen LogP contribution in [0.15, 0.2) is 76.3 Å². The Morgan fingerprint density at radius 3 is 2.52 bits per heavy atom. The van der Waals surface area contributed by atoms with E-state index in [1.807, 2.05) is 61.5 Å². The number of nitrogens with zero attached hydrogens (tertiary/aromatic N) is 1. The van der Waals surface area contributed by atoms with E-state index in [1.54, 1.807) is 12.1 Å². The molecule has 33 heavy (non-hydrogen) atoms. The van der Waals surface area contributed by atoms with Crippen molar-refractivity contribution in [2.45, 2.75) is 26.4 Å². The molecule has 0 saturated heterocycles. The van der Waals surface area contributed by atoms with Crippen molar-refractivity contribution in [3.63, 3.8) is 0 Å². The summed E-state index contributed by atoms with van der Waals surface area (Å²) >= 11 is 9.61. The first-order chi connectivity index (χ1) is 15.9. The van der Waals surface area contributed by atoms with Crippen LogP contribution in [0.25, 0.3) is 0 Å². The van der Waals surface area contributed by atoms with Gasteiger partial charge in [-0.15, -0.1) is 0 Å². The maximum atomic E-state index is 12.1. The maximum Gasteiger partial charge on any atom is 0.240 e. The minimum atomic E-state index is -0.362. The van der Waals surface area contributed by atoms with Gasteiger partial charge in [0.25, 0.3) is 0 Å². The first-order valence-electron chi connectivity index (χ1n) is 10.2. The highest BCUT2D eigenvalue weighted by molar-refractivity contribution is 9.10. The third kappa shape index (κ3) is 8.04. The molecular formula is C25H23BrClN3O3. The highest BCUT2D eigenvalue weighted by Gasteiger charge is 2.08. The second-order valence-corrected chi connectivity index (χ2v) is 8.59. The molecule has 0 heterocycles. The van der Waals surface area contributed by atoms with E-state index >= 15 is 0 Å². The lowest BCUT2D eigenvalue weighted by molar-refractivity contribution is -0.124. The quantitative estimate of drug-likeness (QED) is 0.270. The lowest BCUT2D eigenvalue weighted by Crippen LogP contribution is -2.20. The van der Waals surface area contributed by atoms with E-state index in [9.17, 15) is 9.59 Å². The van der Waals surface area contributed by atoms with Gasteiger partial charge in [0, 0.05) is 39.2 Å². The number of hydrogen-bond acceptors (Lipinski definition) is 4. The van der Waals surface area contributed by atoms with E-state index in [4.69, 9.17) is 16.3 Å². The summed E-state index contributed by atoms with van der Waals surface area (Å²) in [7, 11) is 0. The average molecular weight is 529 g/mol. The number of halogens is 2. The number of anilines is 1. The predicted octanol–water partition coefficient (Wildman–Crippen LogP) is 5.86. The van der Waals surface area contributed by atoms with Crippen molar-refractivity contribution in [1.29, 1.82) is 0 Å². The van der Waals surface area contributed by atoms with Gasteiger partial charge < -0.3 is 10.1 Å². The third-order valence-electron chi connectivity index (χ3n) is 4.62. The molecular weight excluding hydrogens is 506 g/mol. The number of hydrazone groups is 1. The molecule has 3 aromatic rings. The molecule has 3 aromatic carbocycles. The first-order valence-corrected chi connectivity index (χ1v) is 11.4. The molecule has 3 rings (SSSR count). The molecule has 0 unspecified atom stereocenters. The minimum absolute atomic E-state index is 0.0172. The molecule has 8 heteroatoms. The summed E-state index contributed by atoms with van der Waals surface area (Å²) in [4.78, 5) is 24.1. The fourth-order valence-corrected chi connectivity index (χ4v) is 3.41. The molecule has 0 saturated carbocycles. The van der Waals surface area contributed by atoms with Gasteiger partial charge in [0.15, 0.2) is 0 Å². The van der Waals surface area contributed by atoms with Gasteiger partial charge in [-0.3, -0.25) is 9.59 Å². The van der Waals surface area contributed by atoms with Gasteiger partial charge in [-0.25, -0.2) is 5.43 Å². The number of carbonyl (C=O) groups is 2. The highest BCUT2D eigenvalue weighted by Crippen LogP contribution is 2.24. The molecule has 2 amide bonds. The Morgan fingerprint density at radius 2 is 1.76 bits per heavy atom. The van der Waals surface area contributed by atoms with Gasteiger partial charge in [0.1, 0.15) is 12.4 Å². The van der Waals surface area contributed by atoms with Gasteiger partial charge in [0.05, 0.1) is 6.21 Å². The van der Waals surface area contributed by atoms with Gasteiger partial charge in [-0.2, -0.15) is 5.10 Å². The van der Waals surface area contributed by atoms with Crippen molar-refractivity contribution in [2.75, 3.05) is 5.32 Å². The number of rotatable bonds is 9. The molecule has 0 spiro atoms. The Hall–Kier alpha value is -3.16. The lowest BCUT2D eigenvalue weighted by Gasteiger charge is -2.10. The zero-order chi connectivity index (χ0) is 23.6. The number of amides is 2. The van der Waals surface area contributed by atoms with Gasteiger partial charge in [-0.1, -0.05) is 63.4 Å². The molecule has 6 nitrogen and oxygen atoms in total. The number of carbonyl (C=O) groups excluding carboxylic acids is 2. The second kappa shape index (κ2) is 12.2. The van der Waals surface area contributed by atoms with E-state index in [2.05, 4.69) is 31.8 Å². The Balaban J connectivity index is 1.51. The average Bonchev–Trinajstić information content (AvgIpc) is 2.80. The van der Waals surface area contributed by atoms with Crippen LogP contribution in [0.4, 0.5) is 5.69 Å². The molecule has 0 aromatic heterocycles. The van der Waals surface area contributed by atoms with Gasteiger partial charge in [0.2, 0.25) is 11.8 Å². The Kier molecular flexibility index (Phi) is 9.04. The summed E-state index contributed by atoms with van der Waals surface area (Å²) < 4.78 is 6.74. The molecule has 0 radical (unpaired) electrons. The highest BCUT2D eigenvalue weighted by atomic mass is 79.9. The first kappa shape index (κ1) is 24.5. The van der Waals surface area contributed by atoms with Crippen LogP contribution in [-0.2, 0) is 16.2 Å². The predicted molar refractivity (Wildman–Crippen MR) is 135 cm³/mol. The van der Waals surface area contributed by atoms with Crippen LogP contribution in [0.5, 0.6) is 5.75 Å². The summed E-state index contributed by atoms with van der Waals surface area (Å²) in [6.07, 6.45) is 1.57. The lowest BCUT2D eigenvalue weighted by atomic mass is 10.2. The van der Waals surface area contributed by atoms with E-state index in [0.717, 1.165) is 15.6 Å². The van der Waals surface area contributed by atoms with Crippen LogP contribution in [0.1, 0.15) is 29.5 Å². The van der Waals surface area contributed by atoms with E-state index in [1.165, 1.54) is 6.21 Å². The van der Waals surface area contributed by atoms with Crippen molar-refractivity contribution in [3.05, 3.63) is 92.9 Å². The summed E-state index contributed by atoms with van der Waals surface area (Å²) in [5.74, 6) is -0.00679. The molecule has 0 aliphatic rings. The van der Waals surface area contributed by atoms with E-state index in [0.29, 0.717) is 28.6 Å². The number of benzene rings is 3. The second-order valence-electron chi connectivity index (χ2n) is 7.27. The van der Waals surface area contributed by atoms with E-state index < -0.39 is 0 Å². The Labute approximate surface area is 206 Å². The number of aryl methyl sites for hydroxylation is 1. The van der Waals surface area contributed by atoms with E-state index in [-0.39, 0.29) is 24.7 Å². The monoisotopic (exact) mass is 527 g/mol. The third-order valence-corrected chi connectivity index (χ3v) is 5.48. The van der Waals surface area contributed by atoms with Crippen LogP contribution in [-0.4, -0.2) is 18.0 Å². The normalized spacial score (nSPS) is 10.8. The summed E-state index contributed by atoms with van der Waals surface area (Å²) in [6, 6.07) is 20.4. The summed E-state index contributed by atoms with van der Waals surface area (Å²) in [5.41, 5.74) is 5.79. The SMILES string of the molecule is Cc1ccc(NC(=O)CCC(=O)N/N=C/c2cc(Br)ccc2OCc2ccccc2Cl)cc1. The number of hydrogen-bond donors (Lipinski definition) is 2. The topological polar surface area (TPSA) is 79.8 Å². The van der Waals surface area contributed by atoms with Crippen molar-refractivity contribution in [1.82, 2.24) is 5.43 Å². The zero-order valence-electron chi connectivity index (χ0n) is 18.0. The van der Waals surface area contributed by atoms with Gasteiger partial charge in [-0.05, 0) is 43.3 Å². The van der Waals surface area contributed by atoms with Crippen LogP contribution in [0.2, 0.25) is 5.02 Å². The molecule has 0 aliphatic carbocycles. The van der Waals surface area contributed by atoms with Crippen LogP contribution >= 0.6 is 27.5 Å². The van der Waals surface area contributed by atoms with Crippen LogP contribution < -0.4 is 15.5 Å². The molecule has 0 atom stereocenters. The molecule has 0 bridgehead atoms. The minimum Gasteiger partial charge on any atom is -0.488 e. The standard InChI is InChI=1S/C25H23BrClN3O3/c1-17-6-9-21(10-7-17)29-24(31)12-13-25(32)30-28-15-19-14-20(26)8-11-23(19)33-16-18-4-2-3-5-22(18)27/h2-11,14-15H,12-13,16H2,1H3,(H,29,31)(H,30,32)/b28-15+. The number of ether oxygens (including phenoxy) is 1. The van der Waals surface area contributed by atoms with Gasteiger partial charge >= 0.3 is 0 Å². The van der Waals surface area contributed by atoms with Crippen molar-refractivity contribution < 1.29 is 14.3 Å². The van der Waals surface area contributed by atoms with Crippen molar-refractivity contribution in [2.24, 2.45) is 5.10 Å². The Bertz CT molecular complexity index is 1150. The van der Waals surface area contributed by atoms with Crippen molar-refractivity contribution in [3.8, 4) is 5.75 Å². The number of nitrogens with one attached hydrogen (secondary N) is 2. The zero-order valence-corrected chi connectivity index (χ0v) is 20.3. The maximum absolute atomic E-state index is 12.1. The smallest absolute Gasteiger partial charge is 0.240 e. The van der Waals surface area contributed by atoms with Crippen LogP contribution in [0, 0.1) is 6.92 Å². The summed E-state index contributed by atoms with van der Waals surface area (Å²) in [6.45, 7) is 2.27. The Morgan fingerprint density at radius 1 is 1.03 bits per heavy atom. The molecule has 2 N–H and O–H groups in total.